The first-order chi connectivity index (χ1) is 37.8. The summed E-state index contributed by atoms with van der Waals surface area (Å²) in [7, 11) is 15.6. The van der Waals surface area contributed by atoms with Gasteiger partial charge in [0.25, 0.3) is 0 Å². The molecule has 0 spiro atoms. The molecule has 0 unspecified atom stereocenters. The Hall–Kier alpha value is -1.43. The van der Waals surface area contributed by atoms with Gasteiger partial charge in [-0.15, -0.1) is 12.4 Å². The number of carbonyl (C=O) groups excluding carboxylic acids is 4. The minimum Gasteiger partial charge on any atom is -1.00 e. The van der Waals surface area contributed by atoms with E-state index in [9.17, 15) is 29.1 Å². The van der Waals surface area contributed by atoms with Crippen LogP contribution in [0.4, 0.5) is 0 Å². The van der Waals surface area contributed by atoms with Gasteiger partial charge in [0.05, 0.1) is 18.8 Å². The minimum absolute atomic E-state index is 0. The Morgan fingerprint density at radius 2 is 0.812 bits per heavy atom. The van der Waals surface area contributed by atoms with Crippen molar-refractivity contribution in [2.75, 3.05) is 82.7 Å². The Bertz CT molecular complexity index is 1650. The summed E-state index contributed by atoms with van der Waals surface area (Å²) in [5.41, 5.74) is 4.65. The van der Waals surface area contributed by atoms with Crippen LogP contribution in [0, 0.1) is 41.4 Å². The summed E-state index contributed by atoms with van der Waals surface area (Å²) in [5, 5.41) is 12.0. The molecule has 18 heteroatoms. The fourth-order valence-electron chi connectivity index (χ4n) is 11.9. The summed E-state index contributed by atoms with van der Waals surface area (Å²) in [6.07, 6.45) is 33.1. The third-order valence-electron chi connectivity index (χ3n) is 15.2. The fraction of sp³-hybridized carbons (Fsp3) is 0.925. The maximum absolute atomic E-state index is 12.3. The molecule has 15 nitrogen and oxygen atoms in total. The van der Waals surface area contributed by atoms with Gasteiger partial charge in [-0.25, -0.2) is 0 Å². The molecule has 0 aromatic rings. The van der Waals surface area contributed by atoms with Gasteiger partial charge in [-0.1, -0.05) is 136 Å². The van der Waals surface area contributed by atoms with Crippen LogP contribution in [0.15, 0.2) is 0 Å². The number of nitrogens with one attached hydrogen (secondary N) is 1. The van der Waals surface area contributed by atoms with Crippen LogP contribution < -0.4 is 29.9 Å². The Morgan fingerprint density at radius 3 is 1.09 bits per heavy atom. The zero-order chi connectivity index (χ0) is 61.6. The van der Waals surface area contributed by atoms with Gasteiger partial charge in [0.1, 0.15) is 16.8 Å². The Morgan fingerprint density at radius 1 is 0.518 bits per heavy atom. The monoisotopic (exact) mass is 1240 g/mol. The van der Waals surface area contributed by atoms with Crippen molar-refractivity contribution in [2.45, 2.75) is 279 Å². The molecular formula is C67H138AlClLiN5O10. The number of ether oxygens (including phenoxy) is 4. The van der Waals surface area contributed by atoms with E-state index in [1.807, 2.05) is 55.6 Å². The van der Waals surface area contributed by atoms with Crippen molar-refractivity contribution in [3.63, 3.8) is 0 Å². The number of rotatable bonds is 20. The molecule has 1 aliphatic heterocycles. The topological polar surface area (TPSA) is 190 Å². The SMILES string of the molecule is C.C1CCOC1.CC(C)(C)OC(=O)C[C@@H](CC1CCCCC1)C(=O)O.CN(C)C(=O)[C@@H](CC(=O)OC(C)(C)C)CC1CCCCC1.CN(C)C[C@@H](CC(=O)OC(C)(C)C)CC1CCCCC1.CN(C)C[C@@H](N)CC1CCCCC1.CNC.Cl.[AlH3].[H-].[Li+]. The van der Waals surface area contributed by atoms with Crippen molar-refractivity contribution < 1.29 is 68.3 Å². The number of aliphatic carboxylic acids is 1. The van der Waals surface area contributed by atoms with Gasteiger partial charge < -0.3 is 51.2 Å². The van der Waals surface area contributed by atoms with E-state index in [1.165, 1.54) is 141 Å². The normalized spacial score (nSPS) is 18.2. The molecule has 4 N–H and O–H groups in total. The Labute approximate surface area is 553 Å². The van der Waals surface area contributed by atoms with Gasteiger partial charge in [0.15, 0.2) is 17.4 Å². The largest absolute Gasteiger partial charge is 1.00 e. The van der Waals surface area contributed by atoms with E-state index in [0.717, 1.165) is 57.4 Å². The number of esters is 3. The molecular weight excluding hydrogens is 1100 g/mol. The minimum atomic E-state index is -0.878. The number of nitrogens with two attached hydrogens (primary N) is 1. The quantitative estimate of drug-likeness (QED) is 0.0593. The summed E-state index contributed by atoms with van der Waals surface area (Å²) in [5.74, 6) is 0.823. The zero-order valence-electron chi connectivity index (χ0n) is 57.9. The summed E-state index contributed by atoms with van der Waals surface area (Å²) < 4.78 is 21.0. The second kappa shape index (κ2) is 52.2. The van der Waals surface area contributed by atoms with Crippen LogP contribution >= 0.6 is 12.4 Å². The number of carboxylic acids is 1. The molecule has 5 aliphatic rings. The predicted molar refractivity (Wildman–Crippen MR) is 358 cm³/mol. The van der Waals surface area contributed by atoms with E-state index in [1.54, 1.807) is 39.8 Å². The third-order valence-corrected chi connectivity index (χ3v) is 15.2. The average molecular weight is 1240 g/mol. The molecule has 85 heavy (non-hydrogen) atoms. The molecule has 1 heterocycles. The van der Waals surface area contributed by atoms with Crippen molar-refractivity contribution in [1.82, 2.24) is 20.0 Å². The summed E-state index contributed by atoms with van der Waals surface area (Å²) >= 11 is 0. The van der Waals surface area contributed by atoms with E-state index in [0.29, 0.717) is 36.6 Å². The van der Waals surface area contributed by atoms with Gasteiger partial charge in [-0.3, -0.25) is 24.0 Å². The first kappa shape index (κ1) is 92.3. The first-order valence-corrected chi connectivity index (χ1v) is 32.1. The van der Waals surface area contributed by atoms with E-state index >= 15 is 0 Å². The first-order valence-electron chi connectivity index (χ1n) is 32.1. The van der Waals surface area contributed by atoms with Crippen molar-refractivity contribution >= 4 is 59.6 Å². The van der Waals surface area contributed by atoms with Gasteiger partial charge in [-0.2, -0.15) is 0 Å². The van der Waals surface area contributed by atoms with Crippen LogP contribution in [0.1, 0.15) is 257 Å². The fourth-order valence-corrected chi connectivity index (χ4v) is 11.9. The summed E-state index contributed by atoms with van der Waals surface area (Å²) in [6, 6.07) is 0.387. The maximum Gasteiger partial charge on any atom is 1.00 e. The van der Waals surface area contributed by atoms with Gasteiger partial charge in [-0.05, 0) is 173 Å². The number of hydrogen-bond donors (Lipinski definition) is 3. The molecule has 4 atom stereocenters. The number of carbonyl (C=O) groups is 5. The number of hydrogen-bond acceptors (Lipinski definition) is 13. The molecule has 1 amide bonds. The number of nitrogens with zero attached hydrogens (tertiary/aromatic N) is 3. The molecule has 1 saturated heterocycles. The van der Waals surface area contributed by atoms with Crippen LogP contribution in [0.3, 0.4) is 0 Å². The van der Waals surface area contributed by atoms with E-state index < -0.39 is 29.1 Å². The number of likely N-dealkylation sites (N-methyl/N-ethyl adjacent to an activating group) is 1. The predicted octanol–water partition coefficient (Wildman–Crippen LogP) is 10.1. The van der Waals surface area contributed by atoms with Crippen molar-refractivity contribution in [1.29, 1.82) is 0 Å². The van der Waals surface area contributed by atoms with E-state index in [-0.39, 0.29) is 99.7 Å². The number of amides is 1. The van der Waals surface area contributed by atoms with Crippen molar-refractivity contribution in [3.05, 3.63) is 0 Å². The molecule has 0 radical (unpaired) electrons. The second-order valence-electron chi connectivity index (χ2n) is 28.3. The summed E-state index contributed by atoms with van der Waals surface area (Å²) in [6.45, 7) is 20.8. The van der Waals surface area contributed by atoms with Crippen LogP contribution in [-0.4, -0.2) is 172 Å². The van der Waals surface area contributed by atoms with Crippen LogP contribution in [-0.2, 0) is 42.9 Å². The van der Waals surface area contributed by atoms with Crippen LogP contribution in [0.2, 0.25) is 0 Å². The molecule has 0 bridgehead atoms. The molecule has 5 fully saturated rings. The maximum atomic E-state index is 12.3. The smallest absolute Gasteiger partial charge is 1.00 e. The molecule has 5 rings (SSSR count). The number of halogens is 1. The molecule has 0 aromatic carbocycles. The Balaban J connectivity index is -0.000000235. The van der Waals surface area contributed by atoms with Crippen LogP contribution in [0.25, 0.3) is 0 Å². The third kappa shape index (κ3) is 55.2. The average Bonchev–Trinajstić information content (AvgIpc) is 3.95. The van der Waals surface area contributed by atoms with Crippen LogP contribution in [0.5, 0.6) is 0 Å². The van der Waals surface area contributed by atoms with Gasteiger partial charge in [0.2, 0.25) is 5.91 Å². The van der Waals surface area contributed by atoms with E-state index in [2.05, 4.69) is 43.3 Å². The standard InChI is InChI=1S/C17H31NO3.C17H33NO2.C15H26O4.C11H24N2.C4H8O.C2H7N.CH4.Al.ClH.Li.4H/c1-17(2,3)21-15(19)12-14(16(20)18(4)5)11-13-9-7-6-8-10-13;1-17(2,3)20-16(19)12-15(13-18(4)5)11-14-9-7-6-8-10-14;1-15(2,3)19-13(16)10-12(14(17)18)9-11-7-5-4-6-8-11;1-13(2)9-11(12)8-10-6-4-3-5-7-10;1-2-4-5-3-1;1-3-2;;;;;;;;/h13-14H,6-12H2,1-5H3;14-15H,6-13H2,1-5H3;11-12H,4-10H2,1-3H3,(H,17,18);10-11H,3-9,12H2,1-2H3;1-4H2;3H,1-2H3;1H4;;1H;;;;;/q;;;;;;;;;+1;;;;-1/t14-;15-;12-;11-;;;;;;;;;;/m1110........../s1. The zero-order valence-corrected chi connectivity index (χ0v) is 57.7. The summed E-state index contributed by atoms with van der Waals surface area (Å²) in [4.78, 5) is 65.4. The molecule has 502 valence electrons. The van der Waals surface area contributed by atoms with Crippen molar-refractivity contribution in [2.24, 2.45) is 47.2 Å². The Kier molecular flexibility index (Phi) is 56.7. The molecule has 0 aromatic heterocycles. The van der Waals surface area contributed by atoms with E-state index in [4.69, 9.17) is 24.7 Å². The molecule has 4 saturated carbocycles. The molecule has 4 aliphatic carbocycles. The van der Waals surface area contributed by atoms with Gasteiger partial charge in [0, 0.05) is 58.8 Å². The second-order valence-corrected chi connectivity index (χ2v) is 28.3. The van der Waals surface area contributed by atoms with Gasteiger partial charge >= 0.3 is 42.7 Å². The van der Waals surface area contributed by atoms with Crippen molar-refractivity contribution in [3.8, 4) is 0 Å². The number of carboxylic acid groups (broad SMARTS) is 1.